The highest BCUT2D eigenvalue weighted by atomic mass is 16.5. The maximum absolute atomic E-state index is 13.6. The second-order valence-electron chi connectivity index (χ2n) is 6.65. The highest BCUT2D eigenvalue weighted by Crippen LogP contribution is 2.49. The Balaban J connectivity index is 2.01. The van der Waals surface area contributed by atoms with Crippen molar-refractivity contribution in [2.75, 3.05) is 19.1 Å². The molecular formula is C23H21NO2. The minimum absolute atomic E-state index is 0.0760. The van der Waals surface area contributed by atoms with Crippen molar-refractivity contribution < 1.29 is 9.53 Å². The molecule has 1 aliphatic rings. The van der Waals surface area contributed by atoms with Crippen LogP contribution < -0.4 is 9.64 Å². The number of anilines is 1. The molecule has 0 saturated carbocycles. The van der Waals surface area contributed by atoms with Crippen LogP contribution in [0.25, 0.3) is 0 Å². The van der Waals surface area contributed by atoms with Crippen LogP contribution in [0.3, 0.4) is 0 Å². The fourth-order valence-corrected chi connectivity index (χ4v) is 4.06. The van der Waals surface area contributed by atoms with Crippen LogP contribution in [0.2, 0.25) is 0 Å². The summed E-state index contributed by atoms with van der Waals surface area (Å²) < 4.78 is 5.65. The number of nitrogens with zero attached hydrogens (tertiary/aromatic N) is 1. The van der Waals surface area contributed by atoms with Crippen LogP contribution in [0.15, 0.2) is 78.9 Å². The third kappa shape index (κ3) is 2.31. The lowest BCUT2D eigenvalue weighted by atomic mass is 9.71. The molecule has 3 heteroatoms. The van der Waals surface area contributed by atoms with E-state index in [4.69, 9.17) is 4.74 Å². The van der Waals surface area contributed by atoms with E-state index in [0.717, 1.165) is 28.1 Å². The minimum atomic E-state index is -0.792. The summed E-state index contributed by atoms with van der Waals surface area (Å²) in [4.78, 5) is 15.4. The van der Waals surface area contributed by atoms with Gasteiger partial charge in [0.1, 0.15) is 11.2 Å². The van der Waals surface area contributed by atoms with E-state index in [0.29, 0.717) is 6.42 Å². The quantitative estimate of drug-likeness (QED) is 0.710. The molecule has 1 aliphatic heterocycles. The Hall–Kier alpha value is -3.07. The van der Waals surface area contributed by atoms with Crippen LogP contribution in [0.1, 0.15) is 16.7 Å². The number of amides is 1. The van der Waals surface area contributed by atoms with Crippen molar-refractivity contribution in [2.45, 2.75) is 11.8 Å². The number of carbonyl (C=O) groups is 1. The second-order valence-corrected chi connectivity index (χ2v) is 6.65. The van der Waals surface area contributed by atoms with Gasteiger partial charge in [0.15, 0.2) is 0 Å². The van der Waals surface area contributed by atoms with E-state index in [1.54, 1.807) is 12.0 Å². The van der Waals surface area contributed by atoms with Crippen molar-refractivity contribution in [3.8, 4) is 5.75 Å². The standard InChI is InChI=1S/C23H21NO2/c1-24-20-14-8-6-12-18(20)23(22(24)25,16-17-10-4-3-5-11-17)19-13-7-9-15-21(19)26-2/h3-15H,16H2,1-2H3. The third-order valence-corrected chi connectivity index (χ3v) is 5.27. The molecule has 0 spiro atoms. The van der Waals surface area contributed by atoms with E-state index in [-0.39, 0.29) is 5.91 Å². The maximum atomic E-state index is 13.6. The molecule has 1 unspecified atom stereocenters. The molecule has 26 heavy (non-hydrogen) atoms. The number of rotatable bonds is 4. The van der Waals surface area contributed by atoms with E-state index >= 15 is 0 Å². The van der Waals surface area contributed by atoms with Gasteiger partial charge in [0, 0.05) is 18.3 Å². The summed E-state index contributed by atoms with van der Waals surface area (Å²) in [7, 11) is 3.51. The number of fused-ring (bicyclic) bond motifs is 1. The van der Waals surface area contributed by atoms with Crippen LogP contribution >= 0.6 is 0 Å². The summed E-state index contributed by atoms with van der Waals surface area (Å²) >= 11 is 0. The van der Waals surface area contributed by atoms with E-state index in [9.17, 15) is 4.79 Å². The molecule has 0 N–H and O–H groups in total. The molecule has 130 valence electrons. The molecule has 3 aromatic carbocycles. The van der Waals surface area contributed by atoms with E-state index < -0.39 is 5.41 Å². The van der Waals surface area contributed by atoms with Crippen molar-refractivity contribution in [2.24, 2.45) is 0 Å². The zero-order valence-corrected chi connectivity index (χ0v) is 15.0. The highest BCUT2D eigenvalue weighted by Gasteiger charge is 2.52. The van der Waals surface area contributed by atoms with Gasteiger partial charge in [-0.05, 0) is 29.7 Å². The molecule has 0 fully saturated rings. The van der Waals surface area contributed by atoms with E-state index in [1.165, 1.54) is 0 Å². The predicted octanol–water partition coefficient (Wildman–Crippen LogP) is 4.20. The van der Waals surface area contributed by atoms with Crippen molar-refractivity contribution >= 4 is 11.6 Å². The normalized spacial score (nSPS) is 18.7. The van der Waals surface area contributed by atoms with Gasteiger partial charge in [-0.25, -0.2) is 0 Å². The van der Waals surface area contributed by atoms with Crippen LogP contribution in [0, 0.1) is 0 Å². The molecule has 3 nitrogen and oxygen atoms in total. The number of likely N-dealkylation sites (N-methyl/N-ethyl adjacent to an activating group) is 1. The monoisotopic (exact) mass is 343 g/mol. The average Bonchev–Trinajstić information content (AvgIpc) is 2.91. The third-order valence-electron chi connectivity index (χ3n) is 5.27. The van der Waals surface area contributed by atoms with Gasteiger partial charge in [-0.3, -0.25) is 4.79 Å². The van der Waals surface area contributed by atoms with Gasteiger partial charge in [0.25, 0.3) is 0 Å². The van der Waals surface area contributed by atoms with Crippen LogP contribution in [-0.4, -0.2) is 20.1 Å². The Bertz CT molecular complexity index is 951. The van der Waals surface area contributed by atoms with Crippen LogP contribution in [-0.2, 0) is 16.6 Å². The molecule has 0 radical (unpaired) electrons. The second kappa shape index (κ2) is 6.34. The van der Waals surface area contributed by atoms with Gasteiger partial charge in [0.05, 0.1) is 7.11 Å². The summed E-state index contributed by atoms with van der Waals surface area (Å²) in [6.45, 7) is 0. The number of methoxy groups -OCH3 is 1. The molecule has 0 aliphatic carbocycles. The summed E-state index contributed by atoms with van der Waals surface area (Å²) in [6.07, 6.45) is 0.592. The van der Waals surface area contributed by atoms with E-state index in [2.05, 4.69) is 18.2 Å². The SMILES string of the molecule is COc1ccccc1C1(Cc2ccccc2)C(=O)N(C)c2ccccc21. The lowest BCUT2D eigenvalue weighted by Gasteiger charge is -2.30. The molecule has 0 bridgehead atoms. The van der Waals surface area contributed by atoms with Crippen LogP contribution in [0.5, 0.6) is 5.75 Å². The Morgan fingerprint density at radius 1 is 0.846 bits per heavy atom. The van der Waals surface area contributed by atoms with Gasteiger partial charge in [-0.1, -0.05) is 66.7 Å². The Morgan fingerprint density at radius 3 is 2.19 bits per heavy atom. The van der Waals surface area contributed by atoms with E-state index in [1.807, 2.05) is 67.7 Å². The van der Waals surface area contributed by atoms with Crippen molar-refractivity contribution in [3.63, 3.8) is 0 Å². The van der Waals surface area contributed by atoms with Crippen LogP contribution in [0.4, 0.5) is 5.69 Å². The summed E-state index contributed by atoms with van der Waals surface area (Å²) in [5.41, 5.74) is 3.23. The van der Waals surface area contributed by atoms with Crippen molar-refractivity contribution in [1.82, 2.24) is 0 Å². The van der Waals surface area contributed by atoms with Gasteiger partial charge in [-0.2, -0.15) is 0 Å². The first-order valence-electron chi connectivity index (χ1n) is 8.73. The van der Waals surface area contributed by atoms with Crippen molar-refractivity contribution in [1.29, 1.82) is 0 Å². The molecule has 0 saturated heterocycles. The van der Waals surface area contributed by atoms with Gasteiger partial charge >= 0.3 is 0 Å². The molecule has 1 amide bonds. The summed E-state index contributed by atoms with van der Waals surface area (Å²) in [5, 5.41) is 0. The van der Waals surface area contributed by atoms with Crippen molar-refractivity contribution in [3.05, 3.63) is 95.6 Å². The molecule has 1 atom stereocenters. The minimum Gasteiger partial charge on any atom is -0.496 e. The number of hydrogen-bond acceptors (Lipinski definition) is 2. The molecular weight excluding hydrogens is 322 g/mol. The Kier molecular flexibility index (Phi) is 4.00. The summed E-state index contributed by atoms with van der Waals surface area (Å²) in [5.74, 6) is 0.814. The molecule has 3 aromatic rings. The maximum Gasteiger partial charge on any atom is 0.242 e. The molecule has 0 aromatic heterocycles. The molecule has 4 rings (SSSR count). The first-order chi connectivity index (χ1) is 12.7. The Morgan fingerprint density at radius 2 is 1.46 bits per heavy atom. The average molecular weight is 343 g/mol. The highest BCUT2D eigenvalue weighted by molar-refractivity contribution is 6.10. The number of carbonyl (C=O) groups excluding carboxylic acids is 1. The topological polar surface area (TPSA) is 29.5 Å². The summed E-state index contributed by atoms with van der Waals surface area (Å²) in [6, 6.07) is 26.1. The Labute approximate surface area is 153 Å². The molecule has 1 heterocycles. The number of benzene rings is 3. The zero-order chi connectivity index (χ0) is 18.1. The zero-order valence-electron chi connectivity index (χ0n) is 15.0. The fraction of sp³-hybridized carbons (Fsp3) is 0.174. The van der Waals surface area contributed by atoms with Gasteiger partial charge in [-0.15, -0.1) is 0 Å². The fourth-order valence-electron chi connectivity index (χ4n) is 4.06. The van der Waals surface area contributed by atoms with Gasteiger partial charge in [0.2, 0.25) is 5.91 Å². The smallest absolute Gasteiger partial charge is 0.242 e. The lowest BCUT2D eigenvalue weighted by molar-refractivity contribution is -0.121. The first-order valence-corrected chi connectivity index (χ1v) is 8.73. The lowest BCUT2D eigenvalue weighted by Crippen LogP contribution is -2.41. The first kappa shape index (κ1) is 16.4. The number of ether oxygens (including phenoxy) is 1. The number of hydrogen-bond donors (Lipinski definition) is 0. The van der Waals surface area contributed by atoms with Gasteiger partial charge < -0.3 is 9.64 Å². The largest absolute Gasteiger partial charge is 0.496 e. The number of para-hydroxylation sites is 2. The predicted molar refractivity (Wildman–Crippen MR) is 104 cm³/mol.